The van der Waals surface area contributed by atoms with E-state index in [1.165, 1.54) is 22.5 Å². The summed E-state index contributed by atoms with van der Waals surface area (Å²) in [7, 11) is -3.71. The SMILES string of the molecule is Cc1nn2cc(S(=O)(=O)NCC3NCCc4ccccc43)cnc2c1Cl. The smallest absolute Gasteiger partial charge is 0.243 e. The zero-order chi connectivity index (χ0) is 18.3. The van der Waals surface area contributed by atoms with Crippen molar-refractivity contribution < 1.29 is 8.42 Å². The lowest BCUT2D eigenvalue weighted by Crippen LogP contribution is -2.38. The van der Waals surface area contributed by atoms with Crippen LogP contribution in [-0.4, -0.2) is 36.1 Å². The number of hydrogen-bond donors (Lipinski definition) is 2. The molecule has 0 aliphatic carbocycles. The minimum Gasteiger partial charge on any atom is -0.308 e. The first kappa shape index (κ1) is 17.4. The Balaban J connectivity index is 1.57. The molecule has 2 N–H and O–H groups in total. The van der Waals surface area contributed by atoms with Crippen molar-refractivity contribution in [1.29, 1.82) is 0 Å². The molecule has 4 rings (SSSR count). The number of nitrogens with zero attached hydrogens (tertiary/aromatic N) is 3. The second-order valence-electron chi connectivity index (χ2n) is 6.26. The van der Waals surface area contributed by atoms with Gasteiger partial charge in [0.25, 0.3) is 0 Å². The van der Waals surface area contributed by atoms with Gasteiger partial charge in [-0.1, -0.05) is 35.9 Å². The fourth-order valence-corrected chi connectivity index (χ4v) is 4.35. The second-order valence-corrected chi connectivity index (χ2v) is 8.41. The van der Waals surface area contributed by atoms with Gasteiger partial charge in [-0.05, 0) is 31.0 Å². The van der Waals surface area contributed by atoms with E-state index in [1.807, 2.05) is 18.2 Å². The molecule has 0 fully saturated rings. The molecule has 1 aromatic carbocycles. The van der Waals surface area contributed by atoms with E-state index < -0.39 is 10.0 Å². The Morgan fingerprint density at radius 3 is 3.04 bits per heavy atom. The van der Waals surface area contributed by atoms with Crippen molar-refractivity contribution in [2.75, 3.05) is 13.1 Å². The van der Waals surface area contributed by atoms with Crippen LogP contribution in [0.15, 0.2) is 41.6 Å². The van der Waals surface area contributed by atoms with Gasteiger partial charge in [-0.3, -0.25) is 0 Å². The lowest BCUT2D eigenvalue weighted by atomic mass is 9.95. The number of rotatable bonds is 4. The molecule has 2 aromatic heterocycles. The predicted molar refractivity (Wildman–Crippen MR) is 98.8 cm³/mol. The van der Waals surface area contributed by atoms with Crippen molar-refractivity contribution in [2.45, 2.75) is 24.3 Å². The van der Waals surface area contributed by atoms with Crippen LogP contribution in [0.5, 0.6) is 0 Å². The molecule has 1 unspecified atom stereocenters. The first-order valence-electron chi connectivity index (χ1n) is 8.27. The Bertz CT molecular complexity index is 1080. The van der Waals surface area contributed by atoms with Gasteiger partial charge >= 0.3 is 0 Å². The van der Waals surface area contributed by atoms with E-state index in [-0.39, 0.29) is 17.5 Å². The van der Waals surface area contributed by atoms with E-state index in [0.717, 1.165) is 18.5 Å². The quantitative estimate of drug-likeness (QED) is 0.708. The summed E-state index contributed by atoms with van der Waals surface area (Å²) in [4.78, 5) is 4.18. The molecule has 26 heavy (non-hydrogen) atoms. The van der Waals surface area contributed by atoms with Gasteiger partial charge in [0.15, 0.2) is 5.65 Å². The van der Waals surface area contributed by atoms with Gasteiger partial charge in [0.1, 0.15) is 9.92 Å². The maximum absolute atomic E-state index is 12.7. The summed E-state index contributed by atoms with van der Waals surface area (Å²) in [6.07, 6.45) is 3.66. The molecule has 136 valence electrons. The van der Waals surface area contributed by atoms with Crippen molar-refractivity contribution in [3.8, 4) is 0 Å². The number of fused-ring (bicyclic) bond motifs is 2. The third-order valence-corrected chi connectivity index (χ3v) is 6.38. The van der Waals surface area contributed by atoms with Gasteiger partial charge in [0.2, 0.25) is 10.0 Å². The molecule has 3 aromatic rings. The first-order chi connectivity index (χ1) is 12.5. The Labute approximate surface area is 156 Å². The number of sulfonamides is 1. The maximum atomic E-state index is 12.7. The molecule has 0 bridgehead atoms. The summed E-state index contributed by atoms with van der Waals surface area (Å²) in [6.45, 7) is 2.83. The molecule has 0 radical (unpaired) electrons. The summed E-state index contributed by atoms with van der Waals surface area (Å²) < 4.78 is 29.4. The van der Waals surface area contributed by atoms with Crippen LogP contribution in [0.4, 0.5) is 0 Å². The largest absolute Gasteiger partial charge is 0.308 e. The zero-order valence-corrected chi connectivity index (χ0v) is 15.7. The number of aromatic nitrogens is 3. The number of halogens is 1. The highest BCUT2D eigenvalue weighted by molar-refractivity contribution is 7.89. The molecule has 3 heterocycles. The van der Waals surface area contributed by atoms with Gasteiger partial charge in [-0.15, -0.1) is 0 Å². The Morgan fingerprint density at radius 1 is 1.38 bits per heavy atom. The third-order valence-electron chi connectivity index (χ3n) is 4.56. The average molecular weight is 392 g/mol. The van der Waals surface area contributed by atoms with E-state index >= 15 is 0 Å². The van der Waals surface area contributed by atoms with Gasteiger partial charge in [0, 0.05) is 12.6 Å². The highest BCUT2D eigenvalue weighted by atomic mass is 35.5. The molecule has 0 spiro atoms. The fraction of sp³-hybridized carbons (Fsp3) is 0.294. The molecule has 0 saturated carbocycles. The lowest BCUT2D eigenvalue weighted by molar-refractivity contribution is 0.491. The fourth-order valence-electron chi connectivity index (χ4n) is 3.19. The van der Waals surface area contributed by atoms with Crippen LogP contribution < -0.4 is 10.0 Å². The number of aryl methyl sites for hydroxylation is 1. The third kappa shape index (κ3) is 3.09. The number of hydrogen-bond acceptors (Lipinski definition) is 5. The molecule has 0 saturated heterocycles. The first-order valence-corrected chi connectivity index (χ1v) is 10.1. The van der Waals surface area contributed by atoms with E-state index in [4.69, 9.17) is 11.6 Å². The molecule has 7 nitrogen and oxygen atoms in total. The monoisotopic (exact) mass is 391 g/mol. The van der Waals surface area contributed by atoms with Crippen LogP contribution >= 0.6 is 11.6 Å². The Hall–Kier alpha value is -2.00. The summed E-state index contributed by atoms with van der Waals surface area (Å²) in [6, 6.07) is 8.02. The van der Waals surface area contributed by atoms with E-state index in [1.54, 1.807) is 6.92 Å². The lowest BCUT2D eigenvalue weighted by Gasteiger charge is -2.27. The number of nitrogens with one attached hydrogen (secondary N) is 2. The van der Waals surface area contributed by atoms with Crippen LogP contribution in [0.25, 0.3) is 5.65 Å². The van der Waals surface area contributed by atoms with Crippen molar-refractivity contribution in [2.24, 2.45) is 0 Å². The maximum Gasteiger partial charge on any atom is 0.243 e. The molecule has 1 atom stereocenters. The molecule has 1 aliphatic rings. The van der Waals surface area contributed by atoms with Gasteiger partial charge in [-0.25, -0.2) is 22.6 Å². The van der Waals surface area contributed by atoms with Crippen molar-refractivity contribution in [1.82, 2.24) is 24.6 Å². The van der Waals surface area contributed by atoms with Crippen LogP contribution in [0.1, 0.15) is 22.9 Å². The Morgan fingerprint density at radius 2 is 2.19 bits per heavy atom. The molecule has 9 heteroatoms. The van der Waals surface area contributed by atoms with Gasteiger partial charge in [-0.2, -0.15) is 5.10 Å². The summed E-state index contributed by atoms with van der Waals surface area (Å²) in [5, 5.41) is 7.97. The minimum atomic E-state index is -3.71. The standard InChI is InChI=1S/C17H18ClN5O2S/c1-11-16(18)17-20-8-13(10-23(17)22-11)26(24,25)21-9-15-14-5-3-2-4-12(14)6-7-19-15/h2-5,8,10,15,19,21H,6-7,9H2,1H3. The zero-order valence-electron chi connectivity index (χ0n) is 14.1. The summed E-state index contributed by atoms with van der Waals surface area (Å²) >= 11 is 6.10. The second kappa shape index (κ2) is 6.62. The van der Waals surface area contributed by atoms with Crippen LogP contribution in [-0.2, 0) is 16.4 Å². The predicted octanol–water partition coefficient (Wildman–Crippen LogP) is 1.86. The highest BCUT2D eigenvalue weighted by Crippen LogP contribution is 2.23. The Kier molecular flexibility index (Phi) is 4.44. The van der Waals surface area contributed by atoms with E-state index in [2.05, 4.69) is 26.2 Å². The van der Waals surface area contributed by atoms with Crippen LogP contribution in [0, 0.1) is 6.92 Å². The van der Waals surface area contributed by atoms with Gasteiger partial charge < -0.3 is 5.32 Å². The summed E-state index contributed by atoms with van der Waals surface area (Å²) in [5.41, 5.74) is 3.42. The van der Waals surface area contributed by atoms with Gasteiger partial charge in [0.05, 0.1) is 18.1 Å². The van der Waals surface area contributed by atoms with E-state index in [0.29, 0.717) is 16.4 Å². The molecular formula is C17H18ClN5O2S. The highest BCUT2D eigenvalue weighted by Gasteiger charge is 2.23. The average Bonchev–Trinajstić information content (AvgIpc) is 2.93. The van der Waals surface area contributed by atoms with Crippen molar-refractivity contribution in [3.05, 3.63) is 58.5 Å². The topological polar surface area (TPSA) is 88.4 Å². The molecular weight excluding hydrogens is 374 g/mol. The summed E-state index contributed by atoms with van der Waals surface area (Å²) in [5.74, 6) is 0. The number of benzene rings is 1. The van der Waals surface area contributed by atoms with Crippen molar-refractivity contribution in [3.63, 3.8) is 0 Å². The normalized spacial score (nSPS) is 17.4. The molecule has 0 amide bonds. The van der Waals surface area contributed by atoms with Crippen LogP contribution in [0.2, 0.25) is 5.02 Å². The minimum absolute atomic E-state index is 0.0493. The molecule has 1 aliphatic heterocycles. The van der Waals surface area contributed by atoms with E-state index in [9.17, 15) is 8.42 Å². The van der Waals surface area contributed by atoms with Crippen molar-refractivity contribution >= 4 is 27.3 Å². The van der Waals surface area contributed by atoms with Crippen LogP contribution in [0.3, 0.4) is 0 Å².